The Labute approximate surface area is 208 Å². The van der Waals surface area contributed by atoms with Crippen LogP contribution in [0.2, 0.25) is 0 Å². The maximum Gasteiger partial charge on any atom is 0.273 e. The van der Waals surface area contributed by atoms with Gasteiger partial charge in [-0.05, 0) is 41.4 Å². The van der Waals surface area contributed by atoms with Crippen LogP contribution >= 0.6 is 11.5 Å². The van der Waals surface area contributed by atoms with Gasteiger partial charge in [0, 0.05) is 25.4 Å². The number of nitrogens with two attached hydrogens (primary N) is 2. The number of nitrogens with zero attached hydrogens (tertiary/aromatic N) is 2. The van der Waals surface area contributed by atoms with Gasteiger partial charge in [0.05, 0.1) is 12.3 Å². The van der Waals surface area contributed by atoms with E-state index in [0.29, 0.717) is 28.6 Å². The topological polar surface area (TPSA) is 159 Å². The molecule has 0 saturated heterocycles. The van der Waals surface area contributed by atoms with Gasteiger partial charge < -0.3 is 31.0 Å². The van der Waals surface area contributed by atoms with Crippen molar-refractivity contribution in [2.24, 2.45) is 5.73 Å². The van der Waals surface area contributed by atoms with Crippen LogP contribution in [-0.2, 0) is 9.53 Å². The van der Waals surface area contributed by atoms with E-state index < -0.39 is 29.6 Å². The monoisotopic (exact) mass is 515 g/mol. The number of aromatic nitrogens is 1. The standard InChI is InChI=1S/C23H22FN5O6S/c1-33-9-8-27-22(31)19(12-2-4-13(24)5-3-12)29(14-6-7-15-16(10-14)35-11-34-15)23(32)20-17(25)18(21(26)30)28-36-20/h2-7,10,19H,8-9,11,25H2,1H3,(H2,26,30)(H,27,31)/t19-/m0/s1. The van der Waals surface area contributed by atoms with Crippen molar-refractivity contribution in [3.05, 3.63) is 64.4 Å². The van der Waals surface area contributed by atoms with Crippen molar-refractivity contribution in [1.82, 2.24) is 9.69 Å². The fourth-order valence-corrected chi connectivity index (χ4v) is 4.34. The molecule has 0 bridgehead atoms. The molecule has 0 spiro atoms. The molecule has 1 aliphatic rings. The van der Waals surface area contributed by atoms with Gasteiger partial charge in [0.1, 0.15) is 16.7 Å². The third-order valence-corrected chi connectivity index (χ3v) is 6.16. The molecule has 13 heteroatoms. The number of hydrogen-bond donors (Lipinski definition) is 3. The minimum absolute atomic E-state index is 0.00457. The quantitative estimate of drug-likeness (QED) is 0.364. The summed E-state index contributed by atoms with van der Waals surface area (Å²) in [6.45, 7) is 0.379. The van der Waals surface area contributed by atoms with Gasteiger partial charge in [0.25, 0.3) is 11.8 Å². The van der Waals surface area contributed by atoms with E-state index in [4.69, 9.17) is 25.7 Å². The van der Waals surface area contributed by atoms with E-state index in [9.17, 15) is 18.8 Å². The molecule has 1 aliphatic heterocycles. The van der Waals surface area contributed by atoms with Crippen LogP contribution in [-0.4, -0.2) is 49.1 Å². The number of methoxy groups -OCH3 is 1. The molecule has 3 amide bonds. The summed E-state index contributed by atoms with van der Waals surface area (Å²) in [7, 11) is 1.48. The molecule has 0 aliphatic carbocycles. The van der Waals surface area contributed by atoms with Crippen LogP contribution in [0.3, 0.4) is 0 Å². The number of halogens is 1. The van der Waals surface area contributed by atoms with Crippen molar-refractivity contribution in [3.63, 3.8) is 0 Å². The summed E-state index contributed by atoms with van der Waals surface area (Å²) >= 11 is 0.675. The van der Waals surface area contributed by atoms with E-state index >= 15 is 0 Å². The molecule has 1 aromatic heterocycles. The maximum atomic E-state index is 13.9. The molecule has 0 saturated carbocycles. The van der Waals surface area contributed by atoms with E-state index in [-0.39, 0.29) is 41.9 Å². The summed E-state index contributed by atoms with van der Waals surface area (Å²) in [5, 5.41) is 2.72. The van der Waals surface area contributed by atoms with Crippen molar-refractivity contribution in [2.45, 2.75) is 6.04 Å². The molecule has 0 radical (unpaired) electrons. The van der Waals surface area contributed by atoms with Gasteiger partial charge in [-0.2, -0.15) is 4.37 Å². The first kappa shape index (κ1) is 24.9. The first-order chi connectivity index (χ1) is 17.3. The third kappa shape index (κ3) is 4.92. The van der Waals surface area contributed by atoms with Crippen molar-refractivity contribution >= 4 is 40.6 Å². The molecule has 2 heterocycles. The molecular formula is C23H22FN5O6S. The highest BCUT2D eigenvalue weighted by molar-refractivity contribution is 7.09. The normalized spacial score (nSPS) is 12.7. The summed E-state index contributed by atoms with van der Waals surface area (Å²) in [5.41, 5.74) is 11.5. The smallest absolute Gasteiger partial charge is 0.273 e. The molecule has 1 atom stereocenters. The lowest BCUT2D eigenvalue weighted by molar-refractivity contribution is -0.122. The Bertz CT molecular complexity index is 1300. The zero-order chi connectivity index (χ0) is 25.8. The number of ether oxygens (including phenoxy) is 3. The number of nitrogens with one attached hydrogen (secondary N) is 1. The fraction of sp³-hybridized carbons (Fsp3) is 0.217. The summed E-state index contributed by atoms with van der Waals surface area (Å²) in [6, 6.07) is 8.57. The van der Waals surface area contributed by atoms with Crippen LogP contribution in [0.15, 0.2) is 42.5 Å². The van der Waals surface area contributed by atoms with Gasteiger partial charge in [0.2, 0.25) is 12.7 Å². The first-order valence-electron chi connectivity index (χ1n) is 10.6. The van der Waals surface area contributed by atoms with Crippen LogP contribution in [0, 0.1) is 5.82 Å². The predicted molar refractivity (Wildman–Crippen MR) is 128 cm³/mol. The number of nitrogen functional groups attached to an aromatic ring is 1. The van der Waals surface area contributed by atoms with Gasteiger partial charge in [0.15, 0.2) is 17.2 Å². The lowest BCUT2D eigenvalue weighted by Crippen LogP contribution is -2.44. The Kier molecular flexibility index (Phi) is 7.31. The van der Waals surface area contributed by atoms with Crippen LogP contribution in [0.1, 0.15) is 31.8 Å². The van der Waals surface area contributed by atoms with Crippen molar-refractivity contribution in [1.29, 1.82) is 0 Å². The van der Waals surface area contributed by atoms with E-state index in [2.05, 4.69) is 9.69 Å². The van der Waals surface area contributed by atoms with Gasteiger partial charge in [-0.3, -0.25) is 19.3 Å². The lowest BCUT2D eigenvalue weighted by Gasteiger charge is -2.31. The average molecular weight is 516 g/mol. The number of benzene rings is 2. The second kappa shape index (κ2) is 10.6. The Morgan fingerprint density at radius 1 is 1.19 bits per heavy atom. The first-order valence-corrected chi connectivity index (χ1v) is 11.4. The molecule has 36 heavy (non-hydrogen) atoms. The van der Waals surface area contributed by atoms with E-state index in [1.54, 1.807) is 12.1 Å². The largest absolute Gasteiger partial charge is 0.454 e. The van der Waals surface area contributed by atoms with Crippen molar-refractivity contribution in [2.75, 3.05) is 37.7 Å². The Morgan fingerprint density at radius 3 is 2.58 bits per heavy atom. The van der Waals surface area contributed by atoms with Crippen molar-refractivity contribution in [3.8, 4) is 11.5 Å². The lowest BCUT2D eigenvalue weighted by atomic mass is 10.0. The number of hydrogen-bond acceptors (Lipinski definition) is 9. The average Bonchev–Trinajstić information content (AvgIpc) is 3.49. The van der Waals surface area contributed by atoms with Crippen LogP contribution < -0.4 is 31.2 Å². The van der Waals surface area contributed by atoms with Gasteiger partial charge in [-0.25, -0.2) is 4.39 Å². The van der Waals surface area contributed by atoms with E-state index in [1.165, 1.54) is 42.3 Å². The third-order valence-electron chi connectivity index (χ3n) is 5.31. The summed E-state index contributed by atoms with van der Waals surface area (Å²) in [5.74, 6) is -1.89. The number of amides is 3. The number of primary amides is 1. The molecule has 3 aromatic rings. The molecule has 11 nitrogen and oxygen atoms in total. The Balaban J connectivity index is 1.86. The van der Waals surface area contributed by atoms with E-state index in [0.717, 1.165) is 0 Å². The van der Waals surface area contributed by atoms with E-state index in [1.807, 2.05) is 0 Å². The van der Waals surface area contributed by atoms with Gasteiger partial charge in [-0.1, -0.05) is 12.1 Å². The molecule has 2 aromatic carbocycles. The molecule has 0 unspecified atom stereocenters. The molecule has 188 valence electrons. The minimum Gasteiger partial charge on any atom is -0.454 e. The highest BCUT2D eigenvalue weighted by Crippen LogP contribution is 2.39. The molecule has 0 fully saturated rings. The SMILES string of the molecule is COCCNC(=O)[C@H](c1ccc(F)cc1)N(C(=O)c1snc(C(N)=O)c1N)c1ccc2c(c1)OCO2. The summed E-state index contributed by atoms with van der Waals surface area (Å²) in [6.07, 6.45) is 0. The molecular weight excluding hydrogens is 493 g/mol. The maximum absolute atomic E-state index is 13.9. The summed E-state index contributed by atoms with van der Waals surface area (Å²) in [4.78, 5) is 40.2. The highest BCUT2D eigenvalue weighted by Gasteiger charge is 2.36. The van der Waals surface area contributed by atoms with Crippen LogP contribution in [0.25, 0.3) is 0 Å². The predicted octanol–water partition coefficient (Wildman–Crippen LogP) is 1.84. The number of anilines is 2. The Morgan fingerprint density at radius 2 is 1.92 bits per heavy atom. The number of fused-ring (bicyclic) bond motifs is 1. The van der Waals surface area contributed by atoms with Crippen LogP contribution in [0.4, 0.5) is 15.8 Å². The zero-order valence-corrected chi connectivity index (χ0v) is 19.8. The zero-order valence-electron chi connectivity index (χ0n) is 19.0. The molecule has 4 rings (SSSR count). The number of rotatable bonds is 9. The highest BCUT2D eigenvalue weighted by atomic mass is 32.1. The number of carbonyl (C=O) groups is 3. The number of carbonyl (C=O) groups excluding carboxylic acids is 3. The fourth-order valence-electron chi connectivity index (χ4n) is 3.59. The summed E-state index contributed by atoms with van der Waals surface area (Å²) < 4.78 is 33.5. The molecule has 5 N–H and O–H groups in total. The van der Waals surface area contributed by atoms with Crippen LogP contribution in [0.5, 0.6) is 11.5 Å². The van der Waals surface area contributed by atoms with Crippen molar-refractivity contribution < 1.29 is 33.0 Å². The van der Waals surface area contributed by atoms with Gasteiger partial charge >= 0.3 is 0 Å². The second-order valence-corrected chi connectivity index (χ2v) is 8.36. The van der Waals surface area contributed by atoms with Gasteiger partial charge in [-0.15, -0.1) is 0 Å². The second-order valence-electron chi connectivity index (χ2n) is 7.59. The minimum atomic E-state index is -1.27. The Hall–Kier alpha value is -4.23.